The Balaban J connectivity index is 1.46. The van der Waals surface area contributed by atoms with E-state index >= 15 is 0 Å². The van der Waals surface area contributed by atoms with E-state index in [9.17, 15) is 36.2 Å². The van der Waals surface area contributed by atoms with Gasteiger partial charge in [-0.3, -0.25) is 9.11 Å². The molecule has 58 heavy (non-hydrogen) atoms. The van der Waals surface area contributed by atoms with Crippen molar-refractivity contribution < 1.29 is 45.6 Å². The van der Waals surface area contributed by atoms with Crippen molar-refractivity contribution in [1.29, 1.82) is 0 Å². The van der Waals surface area contributed by atoms with Gasteiger partial charge in [-0.2, -0.15) is 16.8 Å². The Labute approximate surface area is 334 Å². The van der Waals surface area contributed by atoms with Crippen molar-refractivity contribution in [2.75, 3.05) is 24.7 Å². The monoisotopic (exact) mass is 828 g/mol. The number of nitrogen functional groups attached to an aromatic ring is 2. The summed E-state index contributed by atoms with van der Waals surface area (Å²) in [6.07, 6.45) is 1.27. The van der Waals surface area contributed by atoms with Crippen molar-refractivity contribution in [3.63, 3.8) is 0 Å². The Kier molecular flexibility index (Phi) is 11.6. The maximum Gasteiger partial charge on any atom is 0.296 e. The first kappa shape index (κ1) is 41.3. The number of benzene rings is 6. The number of nitrogens with zero attached hydrogens (tertiary/aromatic N) is 4. The van der Waals surface area contributed by atoms with E-state index in [1.807, 2.05) is 27.7 Å². The van der Waals surface area contributed by atoms with Crippen LogP contribution in [0, 0.1) is 13.8 Å². The lowest BCUT2D eigenvalue weighted by Gasteiger charge is -2.17. The summed E-state index contributed by atoms with van der Waals surface area (Å²) in [5, 5.41) is 40.0. The second-order valence-electron chi connectivity index (χ2n) is 13.4. The molecule has 0 aliphatic heterocycles. The van der Waals surface area contributed by atoms with Crippen LogP contribution in [0.1, 0.15) is 37.8 Å². The van der Waals surface area contributed by atoms with E-state index < -0.39 is 52.9 Å². The van der Waals surface area contributed by atoms with Gasteiger partial charge in [0.25, 0.3) is 20.2 Å². The van der Waals surface area contributed by atoms with Crippen LogP contribution in [0.5, 0.6) is 23.0 Å². The van der Waals surface area contributed by atoms with Crippen LogP contribution in [-0.2, 0) is 20.2 Å². The van der Waals surface area contributed by atoms with E-state index in [2.05, 4.69) is 20.5 Å². The minimum Gasteiger partial charge on any atom is -0.505 e. The smallest absolute Gasteiger partial charge is 0.296 e. The van der Waals surface area contributed by atoms with Gasteiger partial charge in [0.1, 0.15) is 44.0 Å². The Hall–Kier alpha value is -6.34. The Morgan fingerprint density at radius 2 is 0.948 bits per heavy atom. The molecule has 0 fully saturated rings. The van der Waals surface area contributed by atoms with Crippen LogP contribution in [-0.4, -0.2) is 49.4 Å². The van der Waals surface area contributed by atoms with E-state index in [4.69, 9.17) is 20.9 Å². The average Bonchev–Trinajstić information content (AvgIpc) is 3.15. The summed E-state index contributed by atoms with van der Waals surface area (Å²) < 4.78 is 81.9. The molecule has 6 rings (SSSR count). The molecular formula is C40H40N6O10S2. The van der Waals surface area contributed by atoms with E-state index in [1.165, 1.54) is 36.4 Å². The molecule has 18 heteroatoms. The van der Waals surface area contributed by atoms with Gasteiger partial charge < -0.3 is 31.2 Å². The molecule has 302 valence electrons. The number of rotatable bonds is 13. The fourth-order valence-electron chi connectivity index (χ4n) is 6.27. The highest BCUT2D eigenvalue weighted by molar-refractivity contribution is 7.86. The third-order valence-corrected chi connectivity index (χ3v) is 10.8. The first-order valence-corrected chi connectivity index (χ1v) is 20.7. The molecule has 0 aliphatic carbocycles. The fourth-order valence-corrected chi connectivity index (χ4v) is 7.59. The number of hydrogen-bond donors (Lipinski definition) is 6. The van der Waals surface area contributed by atoms with Crippen molar-refractivity contribution in [3.8, 4) is 34.1 Å². The first-order valence-electron chi connectivity index (χ1n) is 17.8. The van der Waals surface area contributed by atoms with Gasteiger partial charge >= 0.3 is 0 Å². The molecule has 0 saturated carbocycles. The number of fused-ring (bicyclic) bond motifs is 2. The number of hydrogen-bond acceptors (Lipinski definition) is 14. The zero-order valence-electron chi connectivity index (χ0n) is 31.8. The molecule has 0 bridgehead atoms. The Bertz CT molecular complexity index is 2700. The molecule has 6 aromatic rings. The van der Waals surface area contributed by atoms with Crippen LogP contribution in [0.15, 0.2) is 103 Å². The summed E-state index contributed by atoms with van der Waals surface area (Å²) >= 11 is 0. The number of anilines is 2. The Morgan fingerprint density at radius 1 is 0.569 bits per heavy atom. The molecule has 0 heterocycles. The largest absolute Gasteiger partial charge is 0.505 e. The molecule has 0 radical (unpaired) electrons. The van der Waals surface area contributed by atoms with Gasteiger partial charge in [-0.15, -0.1) is 20.5 Å². The third kappa shape index (κ3) is 8.49. The quantitative estimate of drug-likeness (QED) is 0.0361. The van der Waals surface area contributed by atoms with E-state index in [1.54, 1.807) is 24.3 Å². The molecule has 0 aromatic heterocycles. The average molecular weight is 829 g/mol. The van der Waals surface area contributed by atoms with E-state index in [0.29, 0.717) is 46.5 Å². The molecule has 0 spiro atoms. The lowest BCUT2D eigenvalue weighted by Crippen LogP contribution is -2.00. The van der Waals surface area contributed by atoms with E-state index in [-0.39, 0.29) is 57.6 Å². The summed E-state index contributed by atoms with van der Waals surface area (Å²) in [5.74, 6) is -0.502. The zero-order chi connectivity index (χ0) is 42.1. The number of azo groups is 2. The van der Waals surface area contributed by atoms with Crippen LogP contribution in [0.4, 0.5) is 34.1 Å². The Morgan fingerprint density at radius 3 is 1.29 bits per heavy atom. The van der Waals surface area contributed by atoms with Gasteiger partial charge in [0.05, 0.1) is 13.2 Å². The number of phenolic OH excluding ortho intramolecular Hbond substituents is 2. The second kappa shape index (κ2) is 16.3. The topological polar surface area (TPSA) is 269 Å². The van der Waals surface area contributed by atoms with Crippen molar-refractivity contribution in [2.24, 2.45) is 20.5 Å². The maximum atomic E-state index is 12.4. The molecule has 0 atom stereocenters. The lowest BCUT2D eigenvalue weighted by atomic mass is 9.95. The molecule has 0 saturated heterocycles. The van der Waals surface area contributed by atoms with Gasteiger partial charge in [0.2, 0.25) is 0 Å². The van der Waals surface area contributed by atoms with Crippen LogP contribution >= 0.6 is 0 Å². The van der Waals surface area contributed by atoms with Crippen LogP contribution in [0.3, 0.4) is 0 Å². The molecule has 8 N–H and O–H groups in total. The van der Waals surface area contributed by atoms with Gasteiger partial charge in [-0.25, -0.2) is 0 Å². The number of aromatic hydroxyl groups is 2. The predicted molar refractivity (Wildman–Crippen MR) is 221 cm³/mol. The highest BCUT2D eigenvalue weighted by Crippen LogP contribution is 2.46. The standard InChI is InChI=1S/C40H40N6O10S2/c1-5-11-55-33-19-29(21(3)13-31(33)43-45-37-35(57(49,50)51)17-23-15-25(41)7-9-27(23)39(37)47)30-20-34(56-12-6-2)32(14-22(30)4)44-46-38-36(58(52,53)54)18-24-16-26(42)8-10-28(24)40(38)48/h7-10,13-20,47-48H,5-6,11-12,41-42H2,1-4H3,(H,49,50,51)(H,52,53,54). The number of ether oxygens (including phenoxy) is 2. The summed E-state index contributed by atoms with van der Waals surface area (Å²) in [7, 11) is -9.73. The normalized spacial score (nSPS) is 12.3. The number of phenols is 2. The van der Waals surface area contributed by atoms with Crippen molar-refractivity contribution >= 4 is 75.9 Å². The molecule has 0 aliphatic rings. The van der Waals surface area contributed by atoms with Crippen LogP contribution in [0.25, 0.3) is 32.7 Å². The van der Waals surface area contributed by atoms with Gasteiger partial charge in [0.15, 0.2) is 11.5 Å². The first-order chi connectivity index (χ1) is 27.4. The summed E-state index contributed by atoms with van der Waals surface area (Å²) in [4.78, 5) is -1.34. The van der Waals surface area contributed by atoms with Gasteiger partial charge in [0, 0.05) is 22.1 Å². The lowest BCUT2D eigenvalue weighted by molar-refractivity contribution is 0.318. The highest BCUT2D eigenvalue weighted by atomic mass is 32.2. The van der Waals surface area contributed by atoms with Crippen LogP contribution in [0.2, 0.25) is 0 Å². The molecular weight excluding hydrogens is 789 g/mol. The van der Waals surface area contributed by atoms with Gasteiger partial charge in [-0.1, -0.05) is 13.8 Å². The zero-order valence-corrected chi connectivity index (χ0v) is 33.4. The SMILES string of the molecule is CCCOc1cc(-c2cc(OCCC)c(N=Nc3c(S(=O)(=O)O)cc4cc(N)ccc4c3O)cc2C)c(C)cc1N=Nc1c(S(=O)(=O)O)cc2cc(N)ccc2c1O. The molecule has 0 amide bonds. The number of nitrogens with two attached hydrogens (primary N) is 2. The third-order valence-electron chi connectivity index (χ3n) is 9.05. The molecule has 16 nitrogen and oxygen atoms in total. The van der Waals surface area contributed by atoms with Gasteiger partial charge in [-0.05, 0) is 133 Å². The fraction of sp³-hybridized carbons (Fsp3) is 0.200. The molecule has 0 unspecified atom stereocenters. The summed E-state index contributed by atoms with van der Waals surface area (Å²) in [6, 6.07) is 18.0. The van der Waals surface area contributed by atoms with E-state index in [0.717, 1.165) is 12.1 Å². The summed E-state index contributed by atoms with van der Waals surface area (Å²) in [5.41, 5.74) is 14.5. The van der Waals surface area contributed by atoms with Crippen molar-refractivity contribution in [1.82, 2.24) is 0 Å². The minimum atomic E-state index is -4.87. The molecule has 6 aromatic carbocycles. The van der Waals surface area contributed by atoms with Crippen molar-refractivity contribution in [2.45, 2.75) is 50.3 Å². The summed E-state index contributed by atoms with van der Waals surface area (Å²) in [6.45, 7) is 8.02. The maximum absolute atomic E-state index is 12.4. The minimum absolute atomic E-state index is 0.200. The van der Waals surface area contributed by atoms with Crippen molar-refractivity contribution in [3.05, 3.63) is 83.9 Å². The second-order valence-corrected chi connectivity index (χ2v) is 16.2. The number of aryl methyl sites for hydroxylation is 2. The van der Waals surface area contributed by atoms with Crippen LogP contribution < -0.4 is 20.9 Å². The predicted octanol–water partition coefficient (Wildman–Crippen LogP) is 9.75. The highest BCUT2D eigenvalue weighted by Gasteiger charge is 2.24.